The maximum atomic E-state index is 11.5. The van der Waals surface area contributed by atoms with Gasteiger partial charge in [-0.3, -0.25) is 0 Å². The van der Waals surface area contributed by atoms with E-state index in [2.05, 4.69) is 5.10 Å². The summed E-state index contributed by atoms with van der Waals surface area (Å²) in [6, 6.07) is 9.88. The van der Waals surface area contributed by atoms with Crippen molar-refractivity contribution in [1.82, 2.24) is 9.78 Å². The fraction of sp³-hybridized carbons (Fsp3) is 0.294. The number of nitrogens with zero attached hydrogens (tertiary/aromatic N) is 2. The number of hydrogen-bond acceptors (Lipinski definition) is 2. The van der Waals surface area contributed by atoms with Crippen LogP contribution in [0.2, 0.25) is 0 Å². The van der Waals surface area contributed by atoms with E-state index in [1.807, 2.05) is 41.9 Å². The predicted molar refractivity (Wildman–Crippen MR) is 81.4 cm³/mol. The average molecular weight is 282 g/mol. The first kappa shape index (κ1) is 13.6. The Hall–Kier alpha value is -2.36. The van der Waals surface area contributed by atoms with Crippen LogP contribution in [0.15, 0.2) is 42.6 Å². The summed E-state index contributed by atoms with van der Waals surface area (Å²) in [5.74, 6) is -0.464. The van der Waals surface area contributed by atoms with Gasteiger partial charge in [0.2, 0.25) is 0 Å². The largest absolute Gasteiger partial charge is 0.478 e. The topological polar surface area (TPSA) is 55.1 Å². The van der Waals surface area contributed by atoms with Gasteiger partial charge < -0.3 is 5.11 Å². The van der Waals surface area contributed by atoms with Crippen molar-refractivity contribution >= 4 is 11.5 Å². The smallest absolute Gasteiger partial charge is 0.336 e. The molecule has 3 rings (SSSR count). The molecule has 0 spiro atoms. The van der Waals surface area contributed by atoms with Crippen LogP contribution in [-0.2, 0) is 4.79 Å². The van der Waals surface area contributed by atoms with Gasteiger partial charge in [0, 0.05) is 11.5 Å². The molecule has 1 heterocycles. The fourth-order valence-electron chi connectivity index (χ4n) is 2.61. The zero-order chi connectivity index (χ0) is 14.8. The molecule has 0 atom stereocenters. The van der Waals surface area contributed by atoms with E-state index in [4.69, 9.17) is 0 Å². The van der Waals surface area contributed by atoms with Gasteiger partial charge in [-0.05, 0) is 31.4 Å². The normalized spacial score (nSPS) is 15.2. The molecule has 2 aromatic rings. The number of allylic oxidation sites excluding steroid dienone is 1. The first-order valence-electron chi connectivity index (χ1n) is 7.29. The second-order valence-electron chi connectivity index (χ2n) is 5.30. The molecule has 1 aliphatic rings. The molecule has 1 aromatic heterocycles. The number of aromatic nitrogens is 2. The lowest BCUT2D eigenvalue weighted by Gasteiger charge is -2.09. The van der Waals surface area contributed by atoms with Gasteiger partial charge in [0.25, 0.3) is 0 Å². The summed E-state index contributed by atoms with van der Waals surface area (Å²) in [6.07, 6.45) is 6.36. The standard InChI is InChI=1S/C17H18N2O2/c1-2-6-14(17(20)21)15-11-18-19(16(15)12-9-10-12)13-7-4-3-5-8-13/h3-8,11-12H,2,9-10H2,1H3,(H,20,21). The van der Waals surface area contributed by atoms with Crippen LogP contribution >= 0.6 is 0 Å². The highest BCUT2D eigenvalue weighted by molar-refractivity contribution is 6.15. The van der Waals surface area contributed by atoms with Crippen LogP contribution in [0.4, 0.5) is 0 Å². The van der Waals surface area contributed by atoms with Crippen LogP contribution in [0.25, 0.3) is 11.3 Å². The summed E-state index contributed by atoms with van der Waals surface area (Å²) in [4.78, 5) is 11.5. The second-order valence-corrected chi connectivity index (χ2v) is 5.30. The predicted octanol–water partition coefficient (Wildman–Crippen LogP) is 3.63. The Morgan fingerprint density at radius 1 is 1.38 bits per heavy atom. The van der Waals surface area contributed by atoms with E-state index in [1.165, 1.54) is 0 Å². The summed E-state index contributed by atoms with van der Waals surface area (Å²) < 4.78 is 1.89. The number of carboxylic acids is 1. The molecule has 0 bridgehead atoms. The lowest BCUT2D eigenvalue weighted by atomic mass is 10.0. The van der Waals surface area contributed by atoms with Crippen LogP contribution < -0.4 is 0 Å². The Morgan fingerprint density at radius 2 is 2.10 bits per heavy atom. The summed E-state index contributed by atoms with van der Waals surface area (Å²) in [7, 11) is 0. The van der Waals surface area contributed by atoms with Crippen molar-refractivity contribution in [3.63, 3.8) is 0 Å². The summed E-state index contributed by atoms with van der Waals surface area (Å²) >= 11 is 0. The van der Waals surface area contributed by atoms with Gasteiger partial charge in [-0.15, -0.1) is 0 Å². The first-order chi connectivity index (χ1) is 10.2. The Labute approximate surface area is 123 Å². The van der Waals surface area contributed by atoms with E-state index in [9.17, 15) is 9.90 Å². The Balaban J connectivity index is 2.13. The van der Waals surface area contributed by atoms with Crippen molar-refractivity contribution in [2.24, 2.45) is 0 Å². The third-order valence-electron chi connectivity index (χ3n) is 3.70. The van der Waals surface area contributed by atoms with Crippen LogP contribution in [0.1, 0.15) is 43.4 Å². The van der Waals surface area contributed by atoms with Gasteiger partial charge in [0.05, 0.1) is 23.2 Å². The molecule has 1 N–H and O–H groups in total. The maximum absolute atomic E-state index is 11.5. The fourth-order valence-corrected chi connectivity index (χ4v) is 2.61. The van der Waals surface area contributed by atoms with E-state index >= 15 is 0 Å². The van der Waals surface area contributed by atoms with E-state index < -0.39 is 5.97 Å². The van der Waals surface area contributed by atoms with Gasteiger partial charge in [-0.1, -0.05) is 31.2 Å². The van der Waals surface area contributed by atoms with Crippen molar-refractivity contribution in [1.29, 1.82) is 0 Å². The van der Waals surface area contributed by atoms with Crippen molar-refractivity contribution in [3.8, 4) is 5.69 Å². The number of benzene rings is 1. The Morgan fingerprint density at radius 3 is 2.67 bits per heavy atom. The summed E-state index contributed by atoms with van der Waals surface area (Å²) in [6.45, 7) is 1.95. The lowest BCUT2D eigenvalue weighted by molar-refractivity contribution is -0.130. The van der Waals surface area contributed by atoms with Crippen LogP contribution in [0.3, 0.4) is 0 Å². The van der Waals surface area contributed by atoms with E-state index in [1.54, 1.807) is 12.3 Å². The number of carbonyl (C=O) groups is 1. The average Bonchev–Trinajstić information content (AvgIpc) is 3.24. The molecule has 1 fully saturated rings. The maximum Gasteiger partial charge on any atom is 0.336 e. The highest BCUT2D eigenvalue weighted by atomic mass is 16.4. The molecule has 0 saturated heterocycles. The van der Waals surface area contributed by atoms with Gasteiger partial charge in [-0.2, -0.15) is 5.10 Å². The molecule has 0 unspecified atom stereocenters. The van der Waals surface area contributed by atoms with Crippen molar-refractivity contribution < 1.29 is 9.90 Å². The zero-order valence-electron chi connectivity index (χ0n) is 12.0. The third kappa shape index (κ3) is 2.61. The first-order valence-corrected chi connectivity index (χ1v) is 7.29. The molecule has 0 radical (unpaired) electrons. The summed E-state index contributed by atoms with van der Waals surface area (Å²) in [5, 5.41) is 13.9. The quantitative estimate of drug-likeness (QED) is 0.852. The molecular weight excluding hydrogens is 264 g/mol. The van der Waals surface area contributed by atoms with E-state index in [0.29, 0.717) is 17.9 Å². The van der Waals surface area contributed by atoms with Crippen molar-refractivity contribution in [3.05, 3.63) is 53.9 Å². The lowest BCUT2D eigenvalue weighted by Crippen LogP contribution is -2.05. The van der Waals surface area contributed by atoms with E-state index in [0.717, 1.165) is 29.8 Å². The molecule has 1 aliphatic carbocycles. The van der Waals surface area contributed by atoms with Crippen LogP contribution in [0, 0.1) is 0 Å². The number of rotatable bonds is 5. The van der Waals surface area contributed by atoms with Gasteiger partial charge in [-0.25, -0.2) is 9.48 Å². The molecule has 4 heteroatoms. The van der Waals surface area contributed by atoms with Crippen LogP contribution in [0.5, 0.6) is 0 Å². The highest BCUT2D eigenvalue weighted by Crippen LogP contribution is 2.44. The molecule has 4 nitrogen and oxygen atoms in total. The number of hydrogen-bond donors (Lipinski definition) is 1. The van der Waals surface area contributed by atoms with E-state index in [-0.39, 0.29) is 0 Å². The summed E-state index contributed by atoms with van der Waals surface area (Å²) in [5.41, 5.74) is 3.13. The Bertz CT molecular complexity index is 682. The molecular formula is C17H18N2O2. The minimum absolute atomic E-state index is 0.363. The molecule has 1 saturated carbocycles. The minimum Gasteiger partial charge on any atom is -0.478 e. The van der Waals surface area contributed by atoms with Gasteiger partial charge in [0.15, 0.2) is 0 Å². The Kier molecular flexibility index (Phi) is 3.60. The molecule has 108 valence electrons. The zero-order valence-corrected chi connectivity index (χ0v) is 12.0. The van der Waals surface area contributed by atoms with Gasteiger partial charge >= 0.3 is 5.97 Å². The number of para-hydroxylation sites is 1. The number of carboxylic acid groups (broad SMARTS) is 1. The highest BCUT2D eigenvalue weighted by Gasteiger charge is 2.32. The second kappa shape index (κ2) is 5.56. The molecule has 21 heavy (non-hydrogen) atoms. The van der Waals surface area contributed by atoms with Crippen molar-refractivity contribution in [2.45, 2.75) is 32.1 Å². The molecule has 0 amide bonds. The SMILES string of the molecule is CCC=C(C(=O)O)c1cnn(-c2ccccc2)c1C1CC1. The number of aliphatic carboxylic acids is 1. The monoisotopic (exact) mass is 282 g/mol. The molecule has 1 aromatic carbocycles. The third-order valence-corrected chi connectivity index (χ3v) is 3.70. The van der Waals surface area contributed by atoms with Crippen LogP contribution in [-0.4, -0.2) is 20.9 Å². The minimum atomic E-state index is -0.883. The van der Waals surface area contributed by atoms with Crippen molar-refractivity contribution in [2.75, 3.05) is 0 Å². The van der Waals surface area contributed by atoms with Gasteiger partial charge in [0.1, 0.15) is 0 Å². The molecule has 0 aliphatic heterocycles.